The van der Waals surface area contributed by atoms with Crippen LogP contribution in [0.2, 0.25) is 0 Å². The highest BCUT2D eigenvalue weighted by Crippen LogP contribution is 2.56. The van der Waals surface area contributed by atoms with Crippen LogP contribution in [-0.4, -0.2) is 24.1 Å². The number of fused-ring (bicyclic) bond motifs is 1. The molecule has 0 radical (unpaired) electrons. The Morgan fingerprint density at radius 1 is 0.674 bits per heavy atom. The van der Waals surface area contributed by atoms with Crippen LogP contribution in [0.3, 0.4) is 0 Å². The molecule has 3 aromatic carbocycles. The van der Waals surface area contributed by atoms with Crippen molar-refractivity contribution in [2.24, 2.45) is 17.3 Å². The summed E-state index contributed by atoms with van der Waals surface area (Å²) in [6.45, 7) is 18.3. The molecule has 0 spiro atoms. The summed E-state index contributed by atoms with van der Waals surface area (Å²) in [5.74, 6) is -1.09. The molecule has 0 amide bonds. The third kappa shape index (κ3) is 5.48. The van der Waals surface area contributed by atoms with Crippen molar-refractivity contribution in [1.82, 2.24) is 0 Å². The van der Waals surface area contributed by atoms with Gasteiger partial charge in [-0.1, -0.05) is 97.8 Å². The molecular formula is C39H44O4. The zero-order valence-electron chi connectivity index (χ0n) is 26.9. The number of carbonyl (C=O) groups is 2. The Kier molecular flexibility index (Phi) is 8.26. The average Bonchev–Trinajstić information content (AvgIpc) is 2.91. The minimum Gasteiger partial charge on any atom is -0.454 e. The third-order valence-electron chi connectivity index (χ3n) is 9.94. The van der Waals surface area contributed by atoms with Crippen LogP contribution in [-0.2, 0) is 9.47 Å². The van der Waals surface area contributed by atoms with Gasteiger partial charge in [0.05, 0.1) is 11.1 Å². The Hall–Kier alpha value is -3.92. The van der Waals surface area contributed by atoms with Gasteiger partial charge in [0.2, 0.25) is 0 Å². The summed E-state index contributed by atoms with van der Waals surface area (Å²) in [6, 6.07) is 16.3. The first-order valence-corrected chi connectivity index (χ1v) is 15.3. The van der Waals surface area contributed by atoms with E-state index in [1.165, 1.54) is 0 Å². The molecule has 2 aliphatic rings. The molecule has 0 bridgehead atoms. The van der Waals surface area contributed by atoms with E-state index < -0.39 is 12.2 Å². The van der Waals surface area contributed by atoms with E-state index in [0.717, 1.165) is 44.5 Å². The van der Waals surface area contributed by atoms with E-state index in [1.807, 2.05) is 77.9 Å². The highest BCUT2D eigenvalue weighted by atomic mass is 16.6. The largest absolute Gasteiger partial charge is 0.454 e. The predicted octanol–water partition coefficient (Wildman–Crippen LogP) is 8.78. The number of hydrogen-bond donors (Lipinski definition) is 0. The SMILES string of the molecule is Cc1cc(C)c(C(=O)OC2C(OC(=O)c3c(C)cc(C)cc3C)C(C)C3(C)C=CC=CC3C2c2ccccc2C)c(C)c1. The second-order valence-corrected chi connectivity index (χ2v) is 13.1. The van der Waals surface area contributed by atoms with Crippen molar-refractivity contribution in [1.29, 1.82) is 0 Å². The lowest BCUT2D eigenvalue weighted by molar-refractivity contribution is -0.121. The molecule has 0 aromatic heterocycles. The number of aryl methyl sites for hydroxylation is 7. The highest BCUT2D eigenvalue weighted by molar-refractivity contribution is 5.94. The van der Waals surface area contributed by atoms with Crippen molar-refractivity contribution in [2.75, 3.05) is 0 Å². The maximum atomic E-state index is 14.1. The fourth-order valence-electron chi connectivity index (χ4n) is 7.78. The fraction of sp³-hybridized carbons (Fsp3) is 0.385. The topological polar surface area (TPSA) is 52.6 Å². The van der Waals surface area contributed by atoms with E-state index in [-0.39, 0.29) is 35.1 Å². The molecule has 0 saturated heterocycles. The Bertz CT molecular complexity index is 1600. The standard InChI is InChI=1S/C39H44O4/c1-22-18-25(4)32(26(5)19-22)37(40)42-35-29(8)39(9)17-13-12-16-31(39)34(30-15-11-10-14-24(30)3)36(35)43-38(41)33-27(6)20-23(2)21-28(33)7/h10-21,29,31,34-36H,1-9H3. The quantitative estimate of drug-likeness (QED) is 0.285. The second kappa shape index (κ2) is 11.6. The van der Waals surface area contributed by atoms with Gasteiger partial charge >= 0.3 is 11.9 Å². The first-order chi connectivity index (χ1) is 20.3. The van der Waals surface area contributed by atoms with Gasteiger partial charge in [-0.2, -0.15) is 0 Å². The van der Waals surface area contributed by atoms with E-state index in [2.05, 4.69) is 57.2 Å². The van der Waals surface area contributed by atoms with Gasteiger partial charge in [-0.05, 0) is 93.2 Å². The lowest BCUT2D eigenvalue weighted by Crippen LogP contribution is -2.58. The van der Waals surface area contributed by atoms with E-state index in [1.54, 1.807) is 0 Å². The molecule has 4 nitrogen and oxygen atoms in total. The number of benzene rings is 3. The molecule has 224 valence electrons. The van der Waals surface area contributed by atoms with Crippen molar-refractivity contribution >= 4 is 11.9 Å². The molecule has 1 fully saturated rings. The molecule has 43 heavy (non-hydrogen) atoms. The predicted molar refractivity (Wildman–Crippen MR) is 173 cm³/mol. The Balaban J connectivity index is 1.66. The van der Waals surface area contributed by atoms with Gasteiger partial charge in [-0.15, -0.1) is 0 Å². The summed E-state index contributed by atoms with van der Waals surface area (Å²) < 4.78 is 13.2. The second-order valence-electron chi connectivity index (χ2n) is 13.1. The normalized spacial score (nSPS) is 26.1. The van der Waals surface area contributed by atoms with E-state index in [9.17, 15) is 9.59 Å². The van der Waals surface area contributed by atoms with Gasteiger partial charge < -0.3 is 9.47 Å². The summed E-state index contributed by atoms with van der Waals surface area (Å²) in [6.07, 6.45) is 7.27. The molecule has 4 heteroatoms. The summed E-state index contributed by atoms with van der Waals surface area (Å²) in [5.41, 5.74) is 8.75. The molecule has 0 N–H and O–H groups in total. The fourth-order valence-corrected chi connectivity index (χ4v) is 7.78. The minimum atomic E-state index is -0.701. The highest BCUT2D eigenvalue weighted by Gasteiger charge is 2.57. The number of carbonyl (C=O) groups excluding carboxylic acids is 2. The summed E-state index contributed by atoms with van der Waals surface area (Å²) in [5, 5.41) is 0. The summed E-state index contributed by atoms with van der Waals surface area (Å²) in [7, 11) is 0. The maximum absolute atomic E-state index is 14.1. The summed E-state index contributed by atoms with van der Waals surface area (Å²) in [4.78, 5) is 28.2. The van der Waals surface area contributed by atoms with Gasteiger partial charge in [-0.25, -0.2) is 9.59 Å². The number of allylic oxidation sites excluding steroid dienone is 4. The zero-order chi connectivity index (χ0) is 31.2. The van der Waals surface area contributed by atoms with Crippen LogP contribution in [0.4, 0.5) is 0 Å². The van der Waals surface area contributed by atoms with Gasteiger partial charge in [0.1, 0.15) is 12.2 Å². The van der Waals surface area contributed by atoms with Crippen LogP contribution < -0.4 is 0 Å². The number of hydrogen-bond acceptors (Lipinski definition) is 4. The van der Waals surface area contributed by atoms with Crippen LogP contribution >= 0.6 is 0 Å². The Morgan fingerprint density at radius 2 is 1.16 bits per heavy atom. The van der Waals surface area contributed by atoms with Crippen molar-refractivity contribution in [2.45, 2.75) is 80.4 Å². The Labute approximate surface area is 256 Å². The van der Waals surface area contributed by atoms with E-state index >= 15 is 0 Å². The van der Waals surface area contributed by atoms with Gasteiger partial charge in [0.15, 0.2) is 0 Å². The summed E-state index contributed by atoms with van der Waals surface area (Å²) >= 11 is 0. The van der Waals surface area contributed by atoms with Crippen LogP contribution in [0.15, 0.2) is 72.8 Å². The van der Waals surface area contributed by atoms with Crippen molar-refractivity contribution in [3.8, 4) is 0 Å². The van der Waals surface area contributed by atoms with Crippen LogP contribution in [0.5, 0.6) is 0 Å². The molecule has 3 aromatic rings. The molecule has 5 rings (SSSR count). The molecule has 0 heterocycles. The van der Waals surface area contributed by atoms with Crippen LogP contribution in [0, 0.1) is 65.7 Å². The third-order valence-corrected chi connectivity index (χ3v) is 9.94. The van der Waals surface area contributed by atoms with Crippen LogP contribution in [0.1, 0.15) is 85.0 Å². The monoisotopic (exact) mass is 576 g/mol. The van der Waals surface area contributed by atoms with Gasteiger partial charge in [0, 0.05) is 11.8 Å². The van der Waals surface area contributed by atoms with E-state index in [0.29, 0.717) is 11.1 Å². The molecule has 1 saturated carbocycles. The van der Waals surface area contributed by atoms with Gasteiger partial charge in [0.25, 0.3) is 0 Å². The van der Waals surface area contributed by atoms with Gasteiger partial charge in [-0.3, -0.25) is 0 Å². The van der Waals surface area contributed by atoms with Crippen molar-refractivity contribution < 1.29 is 19.1 Å². The lowest BCUT2D eigenvalue weighted by atomic mass is 9.53. The van der Waals surface area contributed by atoms with Crippen molar-refractivity contribution in [3.63, 3.8) is 0 Å². The van der Waals surface area contributed by atoms with E-state index in [4.69, 9.17) is 9.47 Å². The maximum Gasteiger partial charge on any atom is 0.339 e. The number of rotatable bonds is 5. The first kappa shape index (κ1) is 30.5. The Morgan fingerprint density at radius 3 is 1.67 bits per heavy atom. The minimum absolute atomic E-state index is 0.0319. The average molecular weight is 577 g/mol. The molecule has 6 unspecified atom stereocenters. The van der Waals surface area contributed by atoms with Crippen molar-refractivity contribution in [3.05, 3.63) is 128 Å². The zero-order valence-corrected chi connectivity index (χ0v) is 26.9. The first-order valence-electron chi connectivity index (χ1n) is 15.3. The van der Waals surface area contributed by atoms with Crippen LogP contribution in [0.25, 0.3) is 0 Å². The lowest BCUT2D eigenvalue weighted by Gasteiger charge is -2.55. The molecular weight excluding hydrogens is 532 g/mol. The molecule has 2 aliphatic carbocycles. The molecule has 0 aliphatic heterocycles. The number of esters is 2. The number of ether oxygens (including phenoxy) is 2. The smallest absolute Gasteiger partial charge is 0.339 e. The molecule has 6 atom stereocenters.